The van der Waals surface area contributed by atoms with Gasteiger partial charge >= 0.3 is 31.7 Å². The highest BCUT2D eigenvalue weighted by molar-refractivity contribution is 7.47. The molecule has 18 atom stereocenters. The van der Waals surface area contributed by atoms with Gasteiger partial charge in [-0.15, -0.1) is 0 Å². The number of ether oxygens (including phenoxy) is 8. The third-order valence-corrected chi connectivity index (χ3v) is 25.3. The van der Waals surface area contributed by atoms with E-state index < -0.39 is 162 Å². The Bertz CT molecular complexity index is 2490. The minimum Gasteiger partial charge on any atom is -0.463 e. The molecule has 0 amide bonds. The molecule has 26 heteroatoms. The van der Waals surface area contributed by atoms with Crippen molar-refractivity contribution in [2.45, 2.75) is 549 Å². The summed E-state index contributed by atoms with van der Waals surface area (Å²) in [5, 5.41) is 102. The van der Waals surface area contributed by atoms with Crippen molar-refractivity contribution in [1.82, 2.24) is 0 Å². The maximum absolute atomic E-state index is 14.9. The number of aliphatic hydroxyl groups is 9. The quantitative estimate of drug-likeness (QED) is 0.0117. The summed E-state index contributed by atoms with van der Waals surface area (Å²) in [4.78, 5) is 66.6. The van der Waals surface area contributed by atoms with Gasteiger partial charge in [0.1, 0.15) is 92.6 Å². The zero-order valence-corrected chi connectivity index (χ0v) is 76.5. The molecule has 10 N–H and O–H groups in total. The number of carbonyl (C=O) groups excluding carboxylic acids is 4. The van der Waals surface area contributed by atoms with Crippen LogP contribution in [0.25, 0.3) is 0 Å². The van der Waals surface area contributed by atoms with Crippen molar-refractivity contribution in [3.8, 4) is 0 Å². The van der Waals surface area contributed by atoms with Crippen LogP contribution in [0.5, 0.6) is 0 Å². The number of aliphatic hydroxyl groups excluding tert-OH is 9. The molecule has 0 aromatic carbocycles. The molecule has 2 saturated heterocycles. The normalized spacial score (nSPS) is 24.6. The fraction of sp³-hybridized carbons (Fsp3) is 0.957. The number of phosphoric acid groups is 1. The highest BCUT2D eigenvalue weighted by Gasteiger charge is 2.60. The first kappa shape index (κ1) is 112. The summed E-state index contributed by atoms with van der Waals surface area (Å²) in [6.45, 7) is 5.67. The molecular weight excluding hydrogens is 1560 g/mol. The summed E-state index contributed by atoms with van der Waals surface area (Å²) in [6, 6.07) is 0. The Balaban J connectivity index is 1.90. The number of hydrogen-bond acceptors (Lipinski definition) is 24. The van der Waals surface area contributed by atoms with E-state index in [1.165, 1.54) is 231 Å². The van der Waals surface area contributed by atoms with Gasteiger partial charge in [0.15, 0.2) is 24.8 Å². The molecule has 1 aliphatic carbocycles. The smallest absolute Gasteiger partial charge is 0.463 e. The van der Waals surface area contributed by atoms with Crippen molar-refractivity contribution in [3.05, 3.63) is 0 Å². The zero-order valence-electron chi connectivity index (χ0n) is 75.6. The van der Waals surface area contributed by atoms with Gasteiger partial charge in [0.25, 0.3) is 0 Å². The van der Waals surface area contributed by atoms with Gasteiger partial charge in [0.05, 0.1) is 13.2 Å². The summed E-state index contributed by atoms with van der Waals surface area (Å²) < 4.78 is 73.6. The monoisotopic (exact) mass is 1740 g/mol. The average molecular weight is 1740 g/mol. The molecule has 25 nitrogen and oxygen atoms in total. The van der Waals surface area contributed by atoms with Gasteiger partial charge in [-0.05, 0) is 25.7 Å². The summed E-state index contributed by atoms with van der Waals surface area (Å²) in [7, 11) is -5.80. The van der Waals surface area contributed by atoms with Crippen LogP contribution in [0.2, 0.25) is 0 Å². The topological polar surface area (TPSA) is 380 Å². The van der Waals surface area contributed by atoms with Crippen LogP contribution in [0.1, 0.15) is 445 Å². The Hall–Kier alpha value is -2.53. The fourth-order valence-corrected chi connectivity index (χ4v) is 17.5. The molecule has 2 heterocycles. The van der Waals surface area contributed by atoms with Crippen LogP contribution in [0.4, 0.5) is 0 Å². The van der Waals surface area contributed by atoms with E-state index in [1.807, 2.05) is 0 Å². The Labute approximate surface area is 725 Å². The SMILES string of the molecule is CCCCCCCCCCCCCCCCCCC(=O)OC(COC(=O)CCCCCCCCCCCCCCCCC)COP(=O)(O)OC1C(OC2OC(CO)C(O)C(O)C2O)C(O)C(O)C(OC(=O)CCCCCCCCCCCCCCCCC)C1OC1OC(COC(=O)CCCCCCCCCCCCCCCCC)C(O)C(O)C1O. The molecule has 1 saturated carbocycles. The molecule has 0 aromatic heterocycles. The van der Waals surface area contributed by atoms with Crippen molar-refractivity contribution >= 4 is 31.7 Å². The van der Waals surface area contributed by atoms with Crippen LogP contribution in [0.3, 0.4) is 0 Å². The minimum atomic E-state index is -5.80. The highest BCUT2D eigenvalue weighted by atomic mass is 31.2. The standard InChI is InChI=1S/C94H177O25P/c1-5-9-13-17-21-25-29-33-37-41-45-48-52-56-60-64-68-79(98)113-74(71-110-77(96)66-62-58-54-50-46-42-38-34-30-26-22-18-14-10-6-2)72-112-120(108,109)119-92-90(117-93-87(106)83(102)81(100)75(70-95)114-93)86(105)85(104)89(116-80(99)69-65-61-57-53-49-44-40-36-32-28-24-20-16-12-8-4)91(92)118-94-88(107)84(103)82(101)76(115-94)73-111-78(97)67-63-59-55-51-47-43-39-35-31-27-23-19-15-11-7-3/h74-76,81-95,100-107H,5-73H2,1-4H3,(H,108,109). The van der Waals surface area contributed by atoms with E-state index in [4.69, 9.17) is 46.9 Å². The molecule has 708 valence electrons. The van der Waals surface area contributed by atoms with Gasteiger partial charge in [-0.2, -0.15) is 0 Å². The van der Waals surface area contributed by atoms with E-state index in [0.717, 1.165) is 128 Å². The first-order chi connectivity index (χ1) is 58.2. The number of carbonyl (C=O) groups is 4. The van der Waals surface area contributed by atoms with E-state index >= 15 is 0 Å². The lowest BCUT2D eigenvalue weighted by molar-refractivity contribution is -0.360. The summed E-state index contributed by atoms with van der Waals surface area (Å²) in [5.74, 6) is -2.93. The lowest BCUT2D eigenvalue weighted by Crippen LogP contribution is -2.70. The van der Waals surface area contributed by atoms with Crippen LogP contribution in [-0.2, 0) is 70.7 Å². The second kappa shape index (κ2) is 73.4. The van der Waals surface area contributed by atoms with Crippen molar-refractivity contribution in [2.75, 3.05) is 26.4 Å². The van der Waals surface area contributed by atoms with Crippen molar-refractivity contribution in [3.63, 3.8) is 0 Å². The maximum Gasteiger partial charge on any atom is 0.472 e. The predicted octanol–water partition coefficient (Wildman–Crippen LogP) is 18.9. The first-order valence-electron chi connectivity index (χ1n) is 49.3. The molecule has 2 aliphatic heterocycles. The fourth-order valence-electron chi connectivity index (χ4n) is 16.6. The van der Waals surface area contributed by atoms with E-state index in [9.17, 15) is 74.6 Å². The van der Waals surface area contributed by atoms with E-state index in [2.05, 4.69) is 27.7 Å². The van der Waals surface area contributed by atoms with Crippen molar-refractivity contribution in [1.29, 1.82) is 0 Å². The molecule has 18 unspecified atom stereocenters. The van der Waals surface area contributed by atoms with E-state index in [-0.39, 0.29) is 25.7 Å². The largest absolute Gasteiger partial charge is 0.472 e. The van der Waals surface area contributed by atoms with Crippen LogP contribution in [0.15, 0.2) is 0 Å². The van der Waals surface area contributed by atoms with Crippen LogP contribution >= 0.6 is 7.82 Å². The molecule has 0 spiro atoms. The van der Waals surface area contributed by atoms with Crippen molar-refractivity contribution < 1.29 is 122 Å². The highest BCUT2D eigenvalue weighted by Crippen LogP contribution is 2.49. The number of hydrogen-bond donors (Lipinski definition) is 10. The third-order valence-electron chi connectivity index (χ3n) is 24.4. The summed E-state index contributed by atoms with van der Waals surface area (Å²) in [5.41, 5.74) is 0. The molecule has 3 rings (SSSR count). The third kappa shape index (κ3) is 52.7. The Morgan fingerprint density at radius 3 is 0.908 bits per heavy atom. The van der Waals surface area contributed by atoms with Gasteiger partial charge in [0.2, 0.25) is 0 Å². The Kier molecular flexibility index (Phi) is 68.3. The van der Waals surface area contributed by atoms with Gasteiger partial charge in [0, 0.05) is 25.7 Å². The lowest BCUT2D eigenvalue weighted by atomic mass is 9.84. The number of esters is 4. The molecule has 3 aliphatic rings. The van der Waals surface area contributed by atoms with Crippen LogP contribution in [0, 0.1) is 0 Å². The number of phosphoric ester groups is 1. The molecule has 0 aromatic rings. The number of rotatable bonds is 81. The average Bonchev–Trinajstić information content (AvgIpc) is 0.754. The molecular formula is C94H177O25P. The van der Waals surface area contributed by atoms with Gasteiger partial charge in [-0.1, -0.05) is 394 Å². The number of unbranched alkanes of at least 4 members (excludes halogenated alkanes) is 57. The second-order valence-electron chi connectivity index (χ2n) is 35.3. The molecule has 120 heavy (non-hydrogen) atoms. The maximum atomic E-state index is 14.9. The molecule has 0 bridgehead atoms. The summed E-state index contributed by atoms with van der Waals surface area (Å²) in [6.07, 6.45) is 32.0. The van der Waals surface area contributed by atoms with Gasteiger partial charge in [-0.3, -0.25) is 28.2 Å². The lowest BCUT2D eigenvalue weighted by Gasteiger charge is -2.50. The van der Waals surface area contributed by atoms with Crippen LogP contribution < -0.4 is 0 Å². The summed E-state index contributed by atoms with van der Waals surface area (Å²) >= 11 is 0. The van der Waals surface area contributed by atoms with Gasteiger partial charge < -0.3 is 88.7 Å². The van der Waals surface area contributed by atoms with Crippen LogP contribution in [-0.4, -0.2) is 205 Å². The Morgan fingerprint density at radius 1 is 0.300 bits per heavy atom. The van der Waals surface area contributed by atoms with Gasteiger partial charge in [-0.25, -0.2) is 4.57 Å². The van der Waals surface area contributed by atoms with E-state index in [1.54, 1.807) is 0 Å². The van der Waals surface area contributed by atoms with E-state index in [0.29, 0.717) is 32.1 Å². The Morgan fingerprint density at radius 2 is 0.575 bits per heavy atom. The molecule has 3 fully saturated rings. The zero-order chi connectivity index (χ0) is 87.5. The minimum absolute atomic E-state index is 0.0204. The predicted molar refractivity (Wildman–Crippen MR) is 467 cm³/mol. The molecule has 0 radical (unpaired) electrons. The second-order valence-corrected chi connectivity index (χ2v) is 36.7. The van der Waals surface area contributed by atoms with Crippen molar-refractivity contribution in [2.24, 2.45) is 0 Å². The first-order valence-corrected chi connectivity index (χ1v) is 50.8.